The van der Waals surface area contributed by atoms with Crippen LogP contribution < -0.4 is 10.6 Å². The summed E-state index contributed by atoms with van der Waals surface area (Å²) in [6.07, 6.45) is 0.414. The van der Waals surface area contributed by atoms with Crippen LogP contribution in [0.4, 0.5) is 10.1 Å². The van der Waals surface area contributed by atoms with Crippen molar-refractivity contribution in [3.05, 3.63) is 89.6 Å². The van der Waals surface area contributed by atoms with Gasteiger partial charge in [-0.25, -0.2) is 4.39 Å². The molecule has 1 aliphatic rings. The summed E-state index contributed by atoms with van der Waals surface area (Å²) in [7, 11) is 0. The highest BCUT2D eigenvalue weighted by atomic mass is 19.1. The van der Waals surface area contributed by atoms with E-state index in [1.807, 2.05) is 12.1 Å². The average Bonchev–Trinajstić information content (AvgIpc) is 3.14. The van der Waals surface area contributed by atoms with E-state index in [9.17, 15) is 9.18 Å². The first-order chi connectivity index (χ1) is 12.6. The number of benzene rings is 2. The number of aliphatic imine (C=N–C) groups is 1. The SMILES string of the molecule is NC1N=C(c2ccccc2F)c2ccccc2N(Cc2ccco2)C1=O. The Kier molecular flexibility index (Phi) is 4.10. The minimum atomic E-state index is -1.13. The zero-order valence-electron chi connectivity index (χ0n) is 13.8. The van der Waals surface area contributed by atoms with Crippen molar-refractivity contribution >= 4 is 17.3 Å². The lowest BCUT2D eigenvalue weighted by molar-refractivity contribution is -0.119. The minimum absolute atomic E-state index is 0.219. The molecule has 1 aromatic heterocycles. The molecule has 130 valence electrons. The average molecular weight is 349 g/mol. The second-order valence-corrected chi connectivity index (χ2v) is 5.92. The number of fused-ring (bicyclic) bond motifs is 1. The van der Waals surface area contributed by atoms with Gasteiger partial charge in [-0.1, -0.05) is 30.3 Å². The molecule has 1 atom stereocenters. The van der Waals surface area contributed by atoms with E-state index in [0.717, 1.165) is 0 Å². The molecule has 2 N–H and O–H groups in total. The number of carbonyl (C=O) groups excluding carboxylic acids is 1. The van der Waals surface area contributed by atoms with E-state index in [2.05, 4.69) is 4.99 Å². The molecule has 6 heteroatoms. The molecule has 1 amide bonds. The number of amides is 1. The van der Waals surface area contributed by atoms with Gasteiger partial charge in [0.1, 0.15) is 11.6 Å². The predicted molar refractivity (Wildman–Crippen MR) is 96.4 cm³/mol. The van der Waals surface area contributed by atoms with E-state index in [-0.39, 0.29) is 12.5 Å². The van der Waals surface area contributed by atoms with Gasteiger partial charge in [-0.2, -0.15) is 0 Å². The smallest absolute Gasteiger partial charge is 0.266 e. The highest BCUT2D eigenvalue weighted by molar-refractivity contribution is 6.20. The van der Waals surface area contributed by atoms with Crippen LogP contribution in [0.25, 0.3) is 0 Å². The van der Waals surface area contributed by atoms with Crippen molar-refractivity contribution in [1.82, 2.24) is 0 Å². The Morgan fingerprint density at radius 3 is 2.50 bits per heavy atom. The van der Waals surface area contributed by atoms with Crippen LogP contribution >= 0.6 is 0 Å². The lowest BCUT2D eigenvalue weighted by Gasteiger charge is -2.23. The van der Waals surface area contributed by atoms with Crippen LogP contribution in [0.15, 0.2) is 76.3 Å². The van der Waals surface area contributed by atoms with Gasteiger partial charge >= 0.3 is 0 Å². The van der Waals surface area contributed by atoms with Crippen LogP contribution in [-0.2, 0) is 11.3 Å². The molecule has 1 aliphatic heterocycles. The molecule has 0 radical (unpaired) electrons. The summed E-state index contributed by atoms with van der Waals surface area (Å²) in [5.41, 5.74) is 7.95. The van der Waals surface area contributed by atoms with Gasteiger partial charge in [-0.3, -0.25) is 9.79 Å². The summed E-state index contributed by atoms with van der Waals surface area (Å²) >= 11 is 0. The van der Waals surface area contributed by atoms with Crippen molar-refractivity contribution < 1.29 is 13.6 Å². The van der Waals surface area contributed by atoms with Gasteiger partial charge in [0, 0.05) is 11.1 Å². The Morgan fingerprint density at radius 1 is 1.04 bits per heavy atom. The fourth-order valence-electron chi connectivity index (χ4n) is 3.04. The summed E-state index contributed by atoms with van der Waals surface area (Å²) in [5.74, 6) is -0.171. The third-order valence-corrected chi connectivity index (χ3v) is 4.26. The number of furan rings is 1. The van der Waals surface area contributed by atoms with Gasteiger partial charge in [0.05, 0.1) is 24.2 Å². The van der Waals surface area contributed by atoms with Crippen LogP contribution in [0.5, 0.6) is 0 Å². The summed E-state index contributed by atoms with van der Waals surface area (Å²) in [6.45, 7) is 0.219. The van der Waals surface area contributed by atoms with Gasteiger partial charge in [-0.05, 0) is 30.3 Å². The number of anilines is 1. The molecule has 5 nitrogen and oxygen atoms in total. The number of nitrogens with two attached hydrogens (primary N) is 1. The zero-order valence-corrected chi connectivity index (χ0v) is 13.8. The van der Waals surface area contributed by atoms with Crippen molar-refractivity contribution in [3.63, 3.8) is 0 Å². The van der Waals surface area contributed by atoms with Crippen LogP contribution in [0.1, 0.15) is 16.9 Å². The number of rotatable bonds is 3. The van der Waals surface area contributed by atoms with Crippen molar-refractivity contribution in [2.75, 3.05) is 4.90 Å². The molecule has 26 heavy (non-hydrogen) atoms. The first-order valence-electron chi connectivity index (χ1n) is 8.16. The molecule has 0 saturated carbocycles. The Morgan fingerprint density at radius 2 is 1.77 bits per heavy atom. The number of nitrogens with zero attached hydrogens (tertiary/aromatic N) is 2. The number of halogens is 1. The standard InChI is InChI=1S/C20H16FN3O2/c21-16-9-3-1-7-14(16)18-15-8-2-4-10-17(15)24(20(25)19(22)23-18)12-13-6-5-11-26-13/h1-11,19H,12,22H2. The van der Waals surface area contributed by atoms with Crippen molar-refractivity contribution in [3.8, 4) is 0 Å². The van der Waals surface area contributed by atoms with E-state index < -0.39 is 12.0 Å². The summed E-state index contributed by atoms with van der Waals surface area (Å²) in [5, 5.41) is 0. The molecule has 3 aromatic rings. The monoisotopic (exact) mass is 349 g/mol. The summed E-state index contributed by atoms with van der Waals surface area (Å²) in [4.78, 5) is 18.7. The topological polar surface area (TPSA) is 71.8 Å². The van der Waals surface area contributed by atoms with Crippen molar-refractivity contribution in [1.29, 1.82) is 0 Å². The van der Waals surface area contributed by atoms with Gasteiger partial charge in [0.15, 0.2) is 6.17 Å². The second-order valence-electron chi connectivity index (χ2n) is 5.92. The van der Waals surface area contributed by atoms with Crippen LogP contribution in [0.3, 0.4) is 0 Å². The molecule has 4 rings (SSSR count). The molecule has 0 saturated heterocycles. The Bertz CT molecular complexity index is 982. The number of hydrogen-bond donors (Lipinski definition) is 1. The molecule has 2 heterocycles. The predicted octanol–water partition coefficient (Wildman–Crippen LogP) is 3.09. The second kappa shape index (κ2) is 6.57. The maximum Gasteiger partial charge on any atom is 0.266 e. The Balaban J connectivity index is 1.88. The normalized spacial score (nSPS) is 16.8. The number of carbonyl (C=O) groups is 1. The van der Waals surface area contributed by atoms with Crippen LogP contribution in [0, 0.1) is 5.82 Å². The maximum atomic E-state index is 14.4. The van der Waals surface area contributed by atoms with Gasteiger partial charge in [-0.15, -0.1) is 0 Å². The third-order valence-electron chi connectivity index (χ3n) is 4.26. The quantitative estimate of drug-likeness (QED) is 0.790. The van der Waals surface area contributed by atoms with E-state index in [1.54, 1.807) is 48.7 Å². The van der Waals surface area contributed by atoms with Crippen LogP contribution in [-0.4, -0.2) is 17.8 Å². The number of hydrogen-bond acceptors (Lipinski definition) is 4. The van der Waals surface area contributed by atoms with E-state index in [0.29, 0.717) is 28.3 Å². The van der Waals surface area contributed by atoms with E-state index in [4.69, 9.17) is 10.2 Å². The largest absolute Gasteiger partial charge is 0.467 e. The first kappa shape index (κ1) is 16.2. The Hall–Kier alpha value is -3.25. The van der Waals surface area contributed by atoms with Gasteiger partial charge in [0.2, 0.25) is 0 Å². The molecule has 0 fully saturated rings. The van der Waals surface area contributed by atoms with Crippen molar-refractivity contribution in [2.45, 2.75) is 12.7 Å². The molecule has 0 bridgehead atoms. The van der Waals surface area contributed by atoms with Crippen LogP contribution in [0.2, 0.25) is 0 Å². The maximum absolute atomic E-state index is 14.4. The van der Waals surface area contributed by atoms with Crippen molar-refractivity contribution in [2.24, 2.45) is 10.7 Å². The highest BCUT2D eigenvalue weighted by Gasteiger charge is 2.31. The first-order valence-corrected chi connectivity index (χ1v) is 8.16. The highest BCUT2D eigenvalue weighted by Crippen LogP contribution is 2.29. The molecular weight excluding hydrogens is 333 g/mol. The summed E-state index contributed by atoms with van der Waals surface area (Å²) in [6, 6.07) is 17.1. The minimum Gasteiger partial charge on any atom is -0.467 e. The molecule has 1 unspecified atom stereocenters. The molecule has 0 spiro atoms. The summed E-state index contributed by atoms with van der Waals surface area (Å²) < 4.78 is 19.8. The number of benzodiazepines with no additional fused rings is 1. The third kappa shape index (κ3) is 2.80. The fraction of sp³-hybridized carbons (Fsp3) is 0.100. The lowest BCUT2D eigenvalue weighted by Crippen LogP contribution is -2.41. The molecular formula is C20H16FN3O2. The Labute approximate surface area is 149 Å². The molecule has 0 aliphatic carbocycles. The van der Waals surface area contributed by atoms with Gasteiger partial charge in [0.25, 0.3) is 5.91 Å². The molecule has 2 aromatic carbocycles. The fourth-order valence-corrected chi connectivity index (χ4v) is 3.04. The van der Waals surface area contributed by atoms with E-state index in [1.165, 1.54) is 11.0 Å². The zero-order chi connectivity index (χ0) is 18.1. The van der Waals surface area contributed by atoms with Gasteiger partial charge < -0.3 is 15.1 Å². The lowest BCUT2D eigenvalue weighted by atomic mass is 9.99. The number of para-hydroxylation sites is 1. The van der Waals surface area contributed by atoms with E-state index >= 15 is 0 Å².